The molecular weight excluding hydrogens is 338 g/mol. The summed E-state index contributed by atoms with van der Waals surface area (Å²) < 4.78 is 25.0. The Morgan fingerprint density at radius 2 is 1.67 bits per heavy atom. The molecule has 0 spiro atoms. The number of benzene rings is 2. The van der Waals surface area contributed by atoms with Crippen molar-refractivity contribution in [3.8, 4) is 10.6 Å². The maximum atomic E-state index is 12.5. The lowest BCUT2D eigenvalue weighted by Crippen LogP contribution is -2.05. The Labute approximate surface area is 146 Å². The van der Waals surface area contributed by atoms with Gasteiger partial charge in [-0.3, -0.25) is 0 Å². The van der Waals surface area contributed by atoms with Gasteiger partial charge in [-0.05, 0) is 31.0 Å². The third kappa shape index (κ3) is 3.74. The zero-order valence-electron chi connectivity index (χ0n) is 13.7. The van der Waals surface area contributed by atoms with Crippen LogP contribution in [0.4, 0.5) is 0 Å². The van der Waals surface area contributed by atoms with E-state index in [1.165, 1.54) is 16.9 Å². The minimum atomic E-state index is -3.37. The van der Waals surface area contributed by atoms with Crippen molar-refractivity contribution < 1.29 is 8.42 Å². The van der Waals surface area contributed by atoms with Gasteiger partial charge in [0, 0.05) is 10.9 Å². The van der Waals surface area contributed by atoms with Gasteiger partial charge in [-0.15, -0.1) is 11.3 Å². The Balaban J connectivity index is 1.81. The van der Waals surface area contributed by atoms with Gasteiger partial charge in [-0.1, -0.05) is 48.9 Å². The summed E-state index contributed by atoms with van der Waals surface area (Å²) in [5.41, 5.74) is 3.93. The van der Waals surface area contributed by atoms with Gasteiger partial charge in [-0.25, -0.2) is 13.4 Å². The zero-order chi connectivity index (χ0) is 17.2. The first kappa shape index (κ1) is 16.9. The summed E-state index contributed by atoms with van der Waals surface area (Å²) in [5, 5.41) is 2.68. The average molecular weight is 358 g/mol. The number of aromatic nitrogens is 1. The molecule has 0 aliphatic heterocycles. The van der Waals surface area contributed by atoms with Gasteiger partial charge in [0.15, 0.2) is 9.84 Å². The van der Waals surface area contributed by atoms with E-state index in [1.807, 2.05) is 36.6 Å². The van der Waals surface area contributed by atoms with Gasteiger partial charge in [0.05, 0.1) is 16.3 Å². The quantitative estimate of drug-likeness (QED) is 0.667. The van der Waals surface area contributed by atoms with Crippen molar-refractivity contribution in [3.63, 3.8) is 0 Å². The van der Waals surface area contributed by atoms with Gasteiger partial charge in [0.25, 0.3) is 0 Å². The van der Waals surface area contributed by atoms with Crippen LogP contribution in [-0.4, -0.2) is 13.4 Å². The molecule has 0 aliphatic rings. The van der Waals surface area contributed by atoms with Crippen LogP contribution in [0.1, 0.15) is 23.7 Å². The second-order valence-corrected chi connectivity index (χ2v) is 8.61. The third-order valence-electron chi connectivity index (χ3n) is 3.88. The van der Waals surface area contributed by atoms with Crippen LogP contribution in [-0.2, 0) is 22.0 Å². The number of nitrogens with zero attached hydrogens (tertiary/aromatic N) is 1. The number of hydrogen-bond acceptors (Lipinski definition) is 4. The predicted octanol–water partition coefficient (Wildman–Crippen LogP) is 4.65. The highest BCUT2D eigenvalue weighted by Gasteiger charge is 2.17. The normalized spacial score (nSPS) is 11.6. The highest BCUT2D eigenvalue weighted by atomic mass is 32.2. The molecule has 0 atom stereocenters. The first-order chi connectivity index (χ1) is 11.5. The molecule has 0 bridgehead atoms. The van der Waals surface area contributed by atoms with Gasteiger partial charge in [-0.2, -0.15) is 0 Å². The summed E-state index contributed by atoms with van der Waals surface area (Å²) in [7, 11) is -3.37. The predicted molar refractivity (Wildman–Crippen MR) is 99.0 cm³/mol. The van der Waals surface area contributed by atoms with E-state index in [2.05, 4.69) is 24.0 Å². The van der Waals surface area contributed by atoms with Crippen molar-refractivity contribution in [3.05, 3.63) is 70.7 Å². The molecule has 0 saturated heterocycles. The molecule has 3 rings (SSSR count). The fourth-order valence-corrected chi connectivity index (χ4v) is 4.60. The molecule has 3 nitrogen and oxygen atoms in total. The van der Waals surface area contributed by atoms with E-state index < -0.39 is 9.84 Å². The fraction of sp³-hybridized carbons (Fsp3) is 0.211. The molecule has 1 heterocycles. The van der Waals surface area contributed by atoms with Crippen LogP contribution < -0.4 is 0 Å². The van der Waals surface area contributed by atoms with E-state index in [-0.39, 0.29) is 5.75 Å². The van der Waals surface area contributed by atoms with E-state index in [9.17, 15) is 8.42 Å². The summed E-state index contributed by atoms with van der Waals surface area (Å²) in [5.74, 6) is -0.0698. The molecule has 0 aliphatic carbocycles. The minimum absolute atomic E-state index is 0.0698. The maximum Gasteiger partial charge on any atom is 0.184 e. The van der Waals surface area contributed by atoms with Crippen LogP contribution in [0, 0.1) is 6.92 Å². The molecule has 0 unspecified atom stereocenters. The lowest BCUT2D eigenvalue weighted by Gasteiger charge is -2.03. The zero-order valence-corrected chi connectivity index (χ0v) is 15.3. The van der Waals surface area contributed by atoms with Gasteiger partial charge >= 0.3 is 0 Å². The van der Waals surface area contributed by atoms with Crippen LogP contribution in [0.5, 0.6) is 0 Å². The standard InChI is InChI=1S/C19H19NO2S2/c1-3-15-6-8-16(9-7-15)19-20-17(12-23-19)13-24(21,22)18-10-4-14(2)5-11-18/h4-12H,3,13H2,1-2H3. The van der Waals surface area contributed by atoms with Crippen molar-refractivity contribution in [2.45, 2.75) is 30.9 Å². The number of rotatable bonds is 5. The topological polar surface area (TPSA) is 47.0 Å². The third-order valence-corrected chi connectivity index (χ3v) is 6.49. The maximum absolute atomic E-state index is 12.5. The van der Waals surface area contributed by atoms with E-state index in [0.717, 1.165) is 22.6 Å². The van der Waals surface area contributed by atoms with E-state index in [0.29, 0.717) is 10.6 Å². The molecule has 24 heavy (non-hydrogen) atoms. The molecular formula is C19H19NO2S2. The molecule has 3 aromatic rings. The van der Waals surface area contributed by atoms with Gasteiger partial charge in [0.1, 0.15) is 5.01 Å². The minimum Gasteiger partial charge on any atom is -0.240 e. The monoisotopic (exact) mass is 357 g/mol. The molecule has 124 valence electrons. The fourth-order valence-electron chi connectivity index (χ4n) is 2.41. The van der Waals surface area contributed by atoms with Crippen LogP contribution in [0.15, 0.2) is 58.8 Å². The Kier molecular flexibility index (Phi) is 4.83. The summed E-state index contributed by atoms with van der Waals surface area (Å²) in [6.07, 6.45) is 0.998. The summed E-state index contributed by atoms with van der Waals surface area (Å²) in [4.78, 5) is 4.85. The second-order valence-electron chi connectivity index (χ2n) is 5.77. The SMILES string of the molecule is CCc1ccc(-c2nc(CS(=O)(=O)c3ccc(C)cc3)cs2)cc1. The van der Waals surface area contributed by atoms with Gasteiger partial charge in [0.2, 0.25) is 0 Å². The van der Waals surface area contributed by atoms with Crippen molar-refractivity contribution in [1.29, 1.82) is 0 Å². The number of thiazole rings is 1. The van der Waals surface area contributed by atoms with Crippen LogP contribution >= 0.6 is 11.3 Å². The van der Waals surface area contributed by atoms with E-state index >= 15 is 0 Å². The Bertz CT molecular complexity index is 924. The van der Waals surface area contributed by atoms with E-state index in [1.54, 1.807) is 12.1 Å². The Morgan fingerprint density at radius 1 is 1.00 bits per heavy atom. The molecule has 2 aromatic carbocycles. The largest absolute Gasteiger partial charge is 0.240 e. The second kappa shape index (κ2) is 6.87. The van der Waals surface area contributed by atoms with Crippen LogP contribution in [0.3, 0.4) is 0 Å². The molecule has 1 aromatic heterocycles. The van der Waals surface area contributed by atoms with Crippen molar-refractivity contribution in [1.82, 2.24) is 4.98 Å². The van der Waals surface area contributed by atoms with Crippen LogP contribution in [0.2, 0.25) is 0 Å². The summed E-state index contributed by atoms with van der Waals surface area (Å²) in [6, 6.07) is 15.2. The molecule has 0 saturated carbocycles. The van der Waals surface area contributed by atoms with Gasteiger partial charge < -0.3 is 0 Å². The lowest BCUT2D eigenvalue weighted by molar-refractivity contribution is 0.595. The first-order valence-electron chi connectivity index (χ1n) is 7.81. The summed E-state index contributed by atoms with van der Waals surface area (Å²) in [6.45, 7) is 4.05. The van der Waals surface area contributed by atoms with E-state index in [4.69, 9.17) is 0 Å². The molecule has 0 radical (unpaired) electrons. The van der Waals surface area contributed by atoms with Crippen molar-refractivity contribution in [2.75, 3.05) is 0 Å². The Hall–Kier alpha value is -1.98. The molecule has 0 fully saturated rings. The molecule has 0 N–H and O–H groups in total. The number of aryl methyl sites for hydroxylation is 2. The molecule has 5 heteroatoms. The number of hydrogen-bond donors (Lipinski definition) is 0. The van der Waals surface area contributed by atoms with Crippen molar-refractivity contribution in [2.24, 2.45) is 0 Å². The highest BCUT2D eigenvalue weighted by Crippen LogP contribution is 2.26. The number of sulfone groups is 1. The smallest absolute Gasteiger partial charge is 0.184 e. The highest BCUT2D eigenvalue weighted by molar-refractivity contribution is 7.90. The lowest BCUT2D eigenvalue weighted by atomic mass is 10.1. The van der Waals surface area contributed by atoms with Crippen molar-refractivity contribution >= 4 is 21.2 Å². The van der Waals surface area contributed by atoms with Crippen LogP contribution in [0.25, 0.3) is 10.6 Å². The summed E-state index contributed by atoms with van der Waals surface area (Å²) >= 11 is 1.48. The Morgan fingerprint density at radius 3 is 2.29 bits per heavy atom. The molecule has 0 amide bonds. The first-order valence-corrected chi connectivity index (χ1v) is 10.3. The average Bonchev–Trinajstić information content (AvgIpc) is 3.03.